The van der Waals surface area contributed by atoms with Gasteiger partial charge in [-0.05, 0) is 49.6 Å². The Balaban J connectivity index is 1.60. The summed E-state index contributed by atoms with van der Waals surface area (Å²) in [5.41, 5.74) is 2.03. The van der Waals surface area contributed by atoms with Crippen molar-refractivity contribution in [1.29, 1.82) is 0 Å². The second-order valence-corrected chi connectivity index (χ2v) is 7.35. The van der Waals surface area contributed by atoms with E-state index in [1.807, 2.05) is 31.2 Å². The summed E-state index contributed by atoms with van der Waals surface area (Å²) in [7, 11) is 0. The minimum atomic E-state index is 0.336. The molecule has 1 fully saturated rings. The van der Waals surface area contributed by atoms with Gasteiger partial charge in [0.15, 0.2) is 11.5 Å². The maximum Gasteiger partial charge on any atom is 0.161 e. The van der Waals surface area contributed by atoms with E-state index in [0.29, 0.717) is 35.1 Å². The van der Waals surface area contributed by atoms with Crippen LogP contribution in [0.15, 0.2) is 36.4 Å². The van der Waals surface area contributed by atoms with E-state index >= 15 is 0 Å². The fourth-order valence-electron chi connectivity index (χ4n) is 3.03. The Morgan fingerprint density at radius 1 is 1.11 bits per heavy atom. The number of rotatable bonds is 9. The van der Waals surface area contributed by atoms with Crippen molar-refractivity contribution in [2.75, 3.05) is 19.8 Å². The number of ether oxygens (including phenoxy) is 3. The lowest BCUT2D eigenvalue weighted by molar-refractivity contribution is 0.110. The number of nitrogens with one attached hydrogen (secondary N) is 1. The van der Waals surface area contributed by atoms with Crippen molar-refractivity contribution in [1.82, 2.24) is 5.32 Å². The minimum Gasteiger partial charge on any atom is -0.490 e. The molecular weight excluding hydrogens is 385 g/mol. The van der Waals surface area contributed by atoms with Crippen LogP contribution in [-0.4, -0.2) is 25.9 Å². The first-order valence-electron chi connectivity index (χ1n) is 9.30. The highest BCUT2D eigenvalue weighted by Gasteiger charge is 2.15. The molecule has 2 aromatic rings. The van der Waals surface area contributed by atoms with Gasteiger partial charge < -0.3 is 19.5 Å². The number of benzene rings is 2. The van der Waals surface area contributed by atoms with Crippen LogP contribution in [-0.2, 0) is 17.9 Å². The fraction of sp³-hybridized carbons (Fsp3) is 0.429. The molecule has 0 aromatic heterocycles. The van der Waals surface area contributed by atoms with Crippen molar-refractivity contribution in [2.24, 2.45) is 0 Å². The van der Waals surface area contributed by atoms with Crippen LogP contribution in [0.3, 0.4) is 0 Å². The summed E-state index contributed by atoms with van der Waals surface area (Å²) in [5.74, 6) is 1.43. The Kier molecular flexibility index (Phi) is 7.65. The quantitative estimate of drug-likeness (QED) is 0.614. The Hall–Kier alpha value is -1.46. The second kappa shape index (κ2) is 10.2. The molecule has 1 aliphatic heterocycles. The third-order valence-corrected chi connectivity index (χ3v) is 5.02. The van der Waals surface area contributed by atoms with Crippen molar-refractivity contribution < 1.29 is 14.2 Å². The average molecular weight is 410 g/mol. The molecule has 27 heavy (non-hydrogen) atoms. The third kappa shape index (κ3) is 6.01. The molecule has 2 aromatic carbocycles. The van der Waals surface area contributed by atoms with Crippen LogP contribution in [0.5, 0.6) is 11.5 Å². The van der Waals surface area contributed by atoms with E-state index in [2.05, 4.69) is 5.32 Å². The topological polar surface area (TPSA) is 39.7 Å². The van der Waals surface area contributed by atoms with Crippen LogP contribution in [0, 0.1) is 0 Å². The molecule has 1 atom stereocenters. The van der Waals surface area contributed by atoms with Gasteiger partial charge in [0, 0.05) is 35.3 Å². The molecular formula is C21H25Cl2NO3. The van der Waals surface area contributed by atoms with Crippen molar-refractivity contribution in [3.63, 3.8) is 0 Å². The van der Waals surface area contributed by atoms with Crippen LogP contribution >= 0.6 is 23.2 Å². The van der Waals surface area contributed by atoms with Crippen molar-refractivity contribution in [3.8, 4) is 11.5 Å². The normalized spacial score (nSPS) is 16.5. The summed E-state index contributed by atoms with van der Waals surface area (Å²) in [4.78, 5) is 0. The van der Waals surface area contributed by atoms with Crippen LogP contribution in [0.1, 0.15) is 30.9 Å². The smallest absolute Gasteiger partial charge is 0.161 e. The van der Waals surface area contributed by atoms with Crippen LogP contribution in [0.2, 0.25) is 10.0 Å². The summed E-state index contributed by atoms with van der Waals surface area (Å²) in [5, 5.41) is 4.65. The lowest BCUT2D eigenvalue weighted by Gasteiger charge is -2.15. The molecule has 146 valence electrons. The lowest BCUT2D eigenvalue weighted by atomic mass is 10.2. The molecule has 1 N–H and O–H groups in total. The molecule has 0 aliphatic carbocycles. The molecule has 0 saturated carbocycles. The second-order valence-electron chi connectivity index (χ2n) is 6.50. The van der Waals surface area contributed by atoms with Crippen molar-refractivity contribution in [3.05, 3.63) is 57.6 Å². The standard InChI is InChI=1S/C21H25Cl2NO3/c1-2-25-21-10-15(12-24-13-18-4-3-9-26-18)5-8-20(21)27-14-16-6-7-17(22)11-19(16)23/h5-8,10-11,18,24H,2-4,9,12-14H2,1H3. The van der Waals surface area contributed by atoms with Gasteiger partial charge in [0.25, 0.3) is 0 Å². The minimum absolute atomic E-state index is 0.336. The van der Waals surface area contributed by atoms with E-state index in [0.717, 1.165) is 49.4 Å². The van der Waals surface area contributed by atoms with Crippen molar-refractivity contribution in [2.45, 2.75) is 39.0 Å². The van der Waals surface area contributed by atoms with Gasteiger partial charge >= 0.3 is 0 Å². The van der Waals surface area contributed by atoms with Crippen molar-refractivity contribution >= 4 is 23.2 Å². The Labute approximate surface area is 170 Å². The SMILES string of the molecule is CCOc1cc(CNCC2CCCO2)ccc1OCc1ccc(Cl)cc1Cl. The molecule has 1 unspecified atom stereocenters. The number of halogens is 2. The van der Waals surface area contributed by atoms with Crippen LogP contribution < -0.4 is 14.8 Å². The molecule has 3 rings (SSSR count). The van der Waals surface area contributed by atoms with Gasteiger partial charge in [-0.2, -0.15) is 0 Å². The van der Waals surface area contributed by atoms with Gasteiger partial charge in [-0.3, -0.25) is 0 Å². The first-order chi connectivity index (χ1) is 13.2. The Morgan fingerprint density at radius 2 is 2.00 bits per heavy atom. The van der Waals surface area contributed by atoms with Crippen LogP contribution in [0.4, 0.5) is 0 Å². The third-order valence-electron chi connectivity index (χ3n) is 4.43. The molecule has 0 amide bonds. The zero-order valence-corrected chi connectivity index (χ0v) is 17.0. The number of hydrogen-bond acceptors (Lipinski definition) is 4. The summed E-state index contributed by atoms with van der Waals surface area (Å²) in [6.07, 6.45) is 2.63. The Bertz CT molecular complexity index is 748. The molecule has 4 nitrogen and oxygen atoms in total. The predicted octanol–water partition coefficient (Wildman–Crippen LogP) is 5.24. The van der Waals surface area contributed by atoms with E-state index in [1.165, 1.54) is 0 Å². The molecule has 0 bridgehead atoms. The molecule has 0 spiro atoms. The summed E-state index contributed by atoms with van der Waals surface area (Å²) < 4.78 is 17.3. The first kappa shape index (κ1) is 20.3. The zero-order chi connectivity index (χ0) is 19.1. The maximum atomic E-state index is 6.22. The molecule has 1 aliphatic rings. The molecule has 6 heteroatoms. The zero-order valence-electron chi connectivity index (χ0n) is 15.5. The van der Waals surface area contributed by atoms with E-state index < -0.39 is 0 Å². The maximum absolute atomic E-state index is 6.22. The average Bonchev–Trinajstić information content (AvgIpc) is 3.16. The highest BCUT2D eigenvalue weighted by molar-refractivity contribution is 6.35. The summed E-state index contributed by atoms with van der Waals surface area (Å²) in [6.45, 7) is 5.41. The summed E-state index contributed by atoms with van der Waals surface area (Å²) in [6, 6.07) is 11.4. The van der Waals surface area contributed by atoms with Gasteiger partial charge in [0.05, 0.1) is 12.7 Å². The molecule has 1 saturated heterocycles. The van der Waals surface area contributed by atoms with Gasteiger partial charge in [0.1, 0.15) is 6.61 Å². The molecule has 0 radical (unpaired) electrons. The Morgan fingerprint density at radius 3 is 2.74 bits per heavy atom. The predicted molar refractivity (Wildman–Crippen MR) is 109 cm³/mol. The van der Waals surface area contributed by atoms with E-state index in [4.69, 9.17) is 37.4 Å². The molecule has 1 heterocycles. The van der Waals surface area contributed by atoms with Crippen LogP contribution in [0.25, 0.3) is 0 Å². The van der Waals surface area contributed by atoms with Gasteiger partial charge in [-0.15, -0.1) is 0 Å². The number of hydrogen-bond donors (Lipinski definition) is 1. The fourth-order valence-corrected chi connectivity index (χ4v) is 3.49. The first-order valence-corrected chi connectivity index (χ1v) is 10.1. The lowest BCUT2D eigenvalue weighted by Crippen LogP contribution is -2.25. The highest BCUT2D eigenvalue weighted by atomic mass is 35.5. The van der Waals surface area contributed by atoms with E-state index in [9.17, 15) is 0 Å². The van der Waals surface area contributed by atoms with E-state index in [-0.39, 0.29) is 0 Å². The van der Waals surface area contributed by atoms with E-state index in [1.54, 1.807) is 12.1 Å². The van der Waals surface area contributed by atoms with Gasteiger partial charge in [-0.1, -0.05) is 35.3 Å². The largest absolute Gasteiger partial charge is 0.490 e. The highest BCUT2D eigenvalue weighted by Crippen LogP contribution is 2.30. The summed E-state index contributed by atoms with van der Waals surface area (Å²) >= 11 is 12.2. The monoisotopic (exact) mass is 409 g/mol. The van der Waals surface area contributed by atoms with Gasteiger partial charge in [-0.25, -0.2) is 0 Å². The van der Waals surface area contributed by atoms with Gasteiger partial charge in [0.2, 0.25) is 0 Å².